The van der Waals surface area contributed by atoms with E-state index < -0.39 is 0 Å². The zero-order valence-electron chi connectivity index (χ0n) is 18.2. The van der Waals surface area contributed by atoms with Crippen molar-refractivity contribution in [2.24, 2.45) is 5.92 Å². The Morgan fingerprint density at radius 1 is 1.10 bits per heavy atom. The Kier molecular flexibility index (Phi) is 8.96. The Bertz CT molecular complexity index is 662. The SMILES string of the molecule is CN1CCN(CCCNC(=O)C2CCCN(C(=O)CCOc3ccccc3)C2)CC1. The molecule has 0 spiro atoms. The number of nitrogens with one attached hydrogen (secondary N) is 1. The number of benzene rings is 1. The van der Waals surface area contributed by atoms with Gasteiger partial charge < -0.3 is 24.8 Å². The van der Waals surface area contributed by atoms with E-state index in [0.29, 0.717) is 26.1 Å². The maximum atomic E-state index is 12.6. The number of piperidine rings is 1. The van der Waals surface area contributed by atoms with Crippen molar-refractivity contribution in [2.45, 2.75) is 25.7 Å². The van der Waals surface area contributed by atoms with E-state index in [0.717, 1.165) is 64.3 Å². The fourth-order valence-corrected chi connectivity index (χ4v) is 4.08. The normalized spacial score (nSPS) is 20.7. The van der Waals surface area contributed by atoms with Crippen molar-refractivity contribution in [3.63, 3.8) is 0 Å². The first kappa shape index (κ1) is 22.6. The van der Waals surface area contributed by atoms with Gasteiger partial charge in [0, 0.05) is 45.8 Å². The van der Waals surface area contributed by atoms with Crippen LogP contribution in [0.2, 0.25) is 0 Å². The summed E-state index contributed by atoms with van der Waals surface area (Å²) in [6.45, 7) is 7.82. The average Bonchev–Trinajstić information content (AvgIpc) is 2.78. The molecule has 2 saturated heterocycles. The van der Waals surface area contributed by atoms with Gasteiger partial charge in [-0.05, 0) is 45.0 Å². The topological polar surface area (TPSA) is 65.1 Å². The van der Waals surface area contributed by atoms with Crippen LogP contribution in [-0.2, 0) is 9.59 Å². The molecule has 2 fully saturated rings. The van der Waals surface area contributed by atoms with Crippen molar-refractivity contribution >= 4 is 11.8 Å². The number of para-hydroxylation sites is 1. The summed E-state index contributed by atoms with van der Waals surface area (Å²) in [5.41, 5.74) is 0. The van der Waals surface area contributed by atoms with Crippen LogP contribution >= 0.6 is 0 Å². The van der Waals surface area contributed by atoms with Gasteiger partial charge in [-0.1, -0.05) is 18.2 Å². The van der Waals surface area contributed by atoms with Gasteiger partial charge in [0.15, 0.2) is 0 Å². The predicted molar refractivity (Wildman–Crippen MR) is 117 cm³/mol. The Balaban J connectivity index is 1.31. The number of piperazine rings is 1. The molecular weight excluding hydrogens is 380 g/mol. The van der Waals surface area contributed by atoms with Gasteiger partial charge in [0.2, 0.25) is 11.8 Å². The molecule has 7 heteroatoms. The molecule has 0 aromatic heterocycles. The molecule has 2 aliphatic rings. The first-order chi connectivity index (χ1) is 14.6. The molecule has 1 N–H and O–H groups in total. The van der Waals surface area contributed by atoms with Crippen molar-refractivity contribution in [1.29, 1.82) is 0 Å². The summed E-state index contributed by atoms with van der Waals surface area (Å²) >= 11 is 0. The molecule has 1 aromatic rings. The van der Waals surface area contributed by atoms with Crippen LogP contribution in [0.3, 0.4) is 0 Å². The molecule has 1 aromatic carbocycles. The summed E-state index contributed by atoms with van der Waals surface area (Å²) < 4.78 is 5.63. The highest BCUT2D eigenvalue weighted by Crippen LogP contribution is 2.18. The fraction of sp³-hybridized carbons (Fsp3) is 0.652. The molecule has 1 atom stereocenters. The average molecular weight is 417 g/mol. The van der Waals surface area contributed by atoms with Crippen LogP contribution in [0.5, 0.6) is 5.75 Å². The second-order valence-electron chi connectivity index (χ2n) is 8.38. The zero-order valence-corrected chi connectivity index (χ0v) is 18.2. The van der Waals surface area contributed by atoms with Gasteiger partial charge in [0.1, 0.15) is 5.75 Å². The fourth-order valence-electron chi connectivity index (χ4n) is 4.08. The molecule has 1 unspecified atom stereocenters. The van der Waals surface area contributed by atoms with E-state index >= 15 is 0 Å². The molecule has 0 radical (unpaired) electrons. The van der Waals surface area contributed by atoms with Crippen LogP contribution in [-0.4, -0.2) is 92.5 Å². The third-order valence-electron chi connectivity index (χ3n) is 6.02. The van der Waals surface area contributed by atoms with E-state index in [4.69, 9.17) is 4.74 Å². The molecule has 30 heavy (non-hydrogen) atoms. The molecule has 7 nitrogen and oxygen atoms in total. The van der Waals surface area contributed by atoms with Crippen molar-refractivity contribution in [3.8, 4) is 5.75 Å². The number of likely N-dealkylation sites (N-methyl/N-ethyl adjacent to an activating group) is 1. The van der Waals surface area contributed by atoms with Crippen molar-refractivity contribution < 1.29 is 14.3 Å². The standard InChI is InChI=1S/C23H36N4O3/c1-25-14-16-26(17-15-25)12-6-11-24-23(29)20-7-5-13-27(19-20)22(28)10-18-30-21-8-3-2-4-9-21/h2-4,8-9,20H,5-7,10-19H2,1H3,(H,24,29). The highest BCUT2D eigenvalue weighted by Gasteiger charge is 2.28. The van der Waals surface area contributed by atoms with Crippen LogP contribution in [0.1, 0.15) is 25.7 Å². The second-order valence-corrected chi connectivity index (χ2v) is 8.38. The largest absolute Gasteiger partial charge is 0.493 e. The monoisotopic (exact) mass is 416 g/mol. The Labute approximate surface area is 180 Å². The summed E-state index contributed by atoms with van der Waals surface area (Å²) in [4.78, 5) is 31.7. The van der Waals surface area contributed by atoms with Gasteiger partial charge in [-0.15, -0.1) is 0 Å². The van der Waals surface area contributed by atoms with Gasteiger partial charge in [-0.3, -0.25) is 9.59 Å². The van der Waals surface area contributed by atoms with Crippen molar-refractivity contribution in [2.75, 3.05) is 66.0 Å². The molecule has 3 rings (SSSR count). The highest BCUT2D eigenvalue weighted by molar-refractivity contribution is 5.81. The third-order valence-corrected chi connectivity index (χ3v) is 6.02. The molecule has 2 aliphatic heterocycles. The van der Waals surface area contributed by atoms with E-state index in [9.17, 15) is 9.59 Å². The number of nitrogens with zero attached hydrogens (tertiary/aromatic N) is 3. The predicted octanol–water partition coefficient (Wildman–Crippen LogP) is 1.45. The van der Waals surface area contributed by atoms with Gasteiger partial charge >= 0.3 is 0 Å². The number of carbonyl (C=O) groups is 2. The first-order valence-corrected chi connectivity index (χ1v) is 11.3. The Morgan fingerprint density at radius 3 is 2.63 bits per heavy atom. The van der Waals surface area contributed by atoms with Gasteiger partial charge in [0.25, 0.3) is 0 Å². The maximum Gasteiger partial charge on any atom is 0.226 e. The lowest BCUT2D eigenvalue weighted by Gasteiger charge is -2.33. The highest BCUT2D eigenvalue weighted by atomic mass is 16.5. The van der Waals surface area contributed by atoms with Crippen LogP contribution in [0.25, 0.3) is 0 Å². The molecule has 0 saturated carbocycles. The number of carbonyl (C=O) groups excluding carboxylic acids is 2. The van der Waals surface area contributed by atoms with Gasteiger partial charge in [0.05, 0.1) is 18.9 Å². The molecule has 2 heterocycles. The number of hydrogen-bond acceptors (Lipinski definition) is 5. The quantitative estimate of drug-likeness (QED) is 0.618. The summed E-state index contributed by atoms with van der Waals surface area (Å²) in [6, 6.07) is 9.53. The van der Waals surface area contributed by atoms with Crippen LogP contribution in [0.4, 0.5) is 0 Å². The lowest BCUT2D eigenvalue weighted by Crippen LogP contribution is -2.47. The second kappa shape index (κ2) is 11.9. The summed E-state index contributed by atoms with van der Waals surface area (Å²) in [5, 5.41) is 3.09. The molecular formula is C23H36N4O3. The van der Waals surface area contributed by atoms with E-state index in [2.05, 4.69) is 22.2 Å². The molecule has 0 bridgehead atoms. The third kappa shape index (κ3) is 7.29. The minimum absolute atomic E-state index is 0.0681. The van der Waals surface area contributed by atoms with Gasteiger partial charge in [-0.2, -0.15) is 0 Å². The lowest BCUT2D eigenvalue weighted by atomic mass is 9.97. The number of ether oxygens (including phenoxy) is 1. The summed E-state index contributed by atoms with van der Waals surface area (Å²) in [6.07, 6.45) is 3.05. The van der Waals surface area contributed by atoms with E-state index in [1.807, 2.05) is 35.2 Å². The molecule has 2 amide bonds. The smallest absolute Gasteiger partial charge is 0.226 e. The number of amides is 2. The minimum atomic E-state index is -0.0959. The number of hydrogen-bond donors (Lipinski definition) is 1. The van der Waals surface area contributed by atoms with Gasteiger partial charge in [-0.25, -0.2) is 0 Å². The number of rotatable bonds is 9. The van der Waals surface area contributed by atoms with Crippen molar-refractivity contribution in [3.05, 3.63) is 30.3 Å². The first-order valence-electron chi connectivity index (χ1n) is 11.3. The molecule has 166 valence electrons. The number of likely N-dealkylation sites (tertiary alicyclic amines) is 1. The summed E-state index contributed by atoms with van der Waals surface area (Å²) in [5.74, 6) is 0.837. The van der Waals surface area contributed by atoms with E-state index in [-0.39, 0.29) is 17.7 Å². The maximum absolute atomic E-state index is 12.6. The van der Waals surface area contributed by atoms with Crippen LogP contribution in [0.15, 0.2) is 30.3 Å². The minimum Gasteiger partial charge on any atom is -0.493 e. The zero-order chi connectivity index (χ0) is 21.2. The van der Waals surface area contributed by atoms with Crippen LogP contribution < -0.4 is 10.1 Å². The lowest BCUT2D eigenvalue weighted by molar-refractivity contribution is -0.136. The van der Waals surface area contributed by atoms with Crippen molar-refractivity contribution in [1.82, 2.24) is 20.0 Å². The van der Waals surface area contributed by atoms with E-state index in [1.54, 1.807) is 0 Å². The Morgan fingerprint density at radius 2 is 1.87 bits per heavy atom. The molecule has 0 aliphatic carbocycles. The van der Waals surface area contributed by atoms with E-state index in [1.165, 1.54) is 0 Å². The summed E-state index contributed by atoms with van der Waals surface area (Å²) in [7, 11) is 2.16. The Hall–Kier alpha value is -2.12. The van der Waals surface area contributed by atoms with Crippen LogP contribution in [0, 0.1) is 5.92 Å².